The highest BCUT2D eigenvalue weighted by atomic mass is 35.5. The van der Waals surface area contributed by atoms with Crippen molar-refractivity contribution >= 4 is 28.9 Å². The normalized spacial score (nSPS) is 9.94. The fourth-order valence-electron chi connectivity index (χ4n) is 1.27. The lowest BCUT2D eigenvalue weighted by atomic mass is 10.2. The minimum Gasteiger partial charge on any atom is -0.397 e. The first kappa shape index (κ1) is 11.3. The summed E-state index contributed by atoms with van der Waals surface area (Å²) in [4.78, 5) is 11.8. The van der Waals surface area contributed by atoms with Crippen LogP contribution in [0.15, 0.2) is 36.7 Å². The summed E-state index contributed by atoms with van der Waals surface area (Å²) in [5.74, 6) is -0.297. The molecule has 0 aliphatic rings. The average molecular weight is 249 g/mol. The number of hydrogen-bond donors (Lipinski definition) is 2. The first-order valence-corrected chi connectivity index (χ1v) is 5.17. The van der Waals surface area contributed by atoms with Crippen LogP contribution in [0.2, 0.25) is 5.02 Å². The molecule has 0 saturated heterocycles. The van der Waals surface area contributed by atoms with Crippen molar-refractivity contribution in [3.8, 4) is 0 Å². The summed E-state index contributed by atoms with van der Waals surface area (Å²) in [6.07, 6.45) is 2.82. The smallest absolute Gasteiger partial charge is 0.257 e. The summed E-state index contributed by atoms with van der Waals surface area (Å²) in [5, 5.41) is 10.4. The Balaban J connectivity index is 2.19. The molecule has 17 heavy (non-hydrogen) atoms. The number of nitrogen functional groups attached to an aromatic ring is 1. The minimum atomic E-state index is -0.297. The molecule has 0 atom stereocenters. The van der Waals surface area contributed by atoms with E-state index in [1.54, 1.807) is 24.3 Å². The number of nitrogens with one attached hydrogen (secondary N) is 1. The van der Waals surface area contributed by atoms with Gasteiger partial charge in [-0.25, -0.2) is 0 Å². The average Bonchev–Trinajstić information content (AvgIpc) is 2.34. The summed E-state index contributed by atoms with van der Waals surface area (Å²) in [7, 11) is 0. The Bertz CT molecular complexity index is 544. The van der Waals surface area contributed by atoms with Crippen LogP contribution in [0.25, 0.3) is 0 Å². The Kier molecular flexibility index (Phi) is 3.20. The van der Waals surface area contributed by atoms with Crippen LogP contribution in [0.1, 0.15) is 10.4 Å². The molecule has 0 unspecified atom stereocenters. The van der Waals surface area contributed by atoms with Gasteiger partial charge in [0, 0.05) is 5.02 Å². The second kappa shape index (κ2) is 4.80. The van der Waals surface area contributed by atoms with E-state index in [9.17, 15) is 4.79 Å². The molecule has 3 N–H and O–H groups in total. The van der Waals surface area contributed by atoms with E-state index < -0.39 is 0 Å². The van der Waals surface area contributed by atoms with Crippen molar-refractivity contribution < 1.29 is 4.79 Å². The molecule has 5 nitrogen and oxygen atoms in total. The Morgan fingerprint density at radius 2 is 2.12 bits per heavy atom. The van der Waals surface area contributed by atoms with Crippen molar-refractivity contribution in [3.05, 3.63) is 47.2 Å². The maximum atomic E-state index is 11.8. The van der Waals surface area contributed by atoms with Gasteiger partial charge in [-0.3, -0.25) is 4.79 Å². The molecule has 2 aromatic rings. The molecule has 0 bridgehead atoms. The van der Waals surface area contributed by atoms with Crippen LogP contribution < -0.4 is 11.1 Å². The monoisotopic (exact) mass is 248 g/mol. The van der Waals surface area contributed by atoms with Gasteiger partial charge in [-0.2, -0.15) is 10.2 Å². The largest absolute Gasteiger partial charge is 0.397 e. The Morgan fingerprint density at radius 1 is 1.29 bits per heavy atom. The topological polar surface area (TPSA) is 80.9 Å². The number of carbonyl (C=O) groups excluding carboxylic acids is 1. The summed E-state index contributed by atoms with van der Waals surface area (Å²) in [6.45, 7) is 0. The Morgan fingerprint density at radius 3 is 2.76 bits per heavy atom. The Hall–Kier alpha value is -2.14. The summed E-state index contributed by atoms with van der Waals surface area (Å²) in [5.41, 5.74) is 7.05. The number of hydrogen-bond acceptors (Lipinski definition) is 4. The molecule has 0 radical (unpaired) electrons. The van der Waals surface area contributed by atoms with Crippen LogP contribution in [-0.2, 0) is 0 Å². The molecule has 0 saturated carbocycles. The van der Waals surface area contributed by atoms with Gasteiger partial charge in [-0.05, 0) is 24.3 Å². The first-order valence-electron chi connectivity index (χ1n) is 4.80. The maximum absolute atomic E-state index is 11.8. The summed E-state index contributed by atoms with van der Waals surface area (Å²) < 4.78 is 0. The predicted octanol–water partition coefficient (Wildman–Crippen LogP) is 1.96. The van der Waals surface area contributed by atoms with Crippen LogP contribution in [0.3, 0.4) is 0 Å². The van der Waals surface area contributed by atoms with Gasteiger partial charge in [0.1, 0.15) is 0 Å². The number of rotatable bonds is 2. The molecule has 0 fully saturated rings. The molecule has 2 rings (SSSR count). The molecule has 0 aliphatic heterocycles. The van der Waals surface area contributed by atoms with E-state index in [2.05, 4.69) is 15.5 Å². The second-order valence-electron chi connectivity index (χ2n) is 3.32. The lowest BCUT2D eigenvalue weighted by Crippen LogP contribution is -2.13. The lowest BCUT2D eigenvalue weighted by molar-refractivity contribution is 0.102. The van der Waals surface area contributed by atoms with Crippen molar-refractivity contribution in [1.29, 1.82) is 0 Å². The van der Waals surface area contributed by atoms with E-state index >= 15 is 0 Å². The number of benzene rings is 1. The number of halogens is 1. The van der Waals surface area contributed by atoms with Crippen LogP contribution >= 0.6 is 11.6 Å². The molecular weight excluding hydrogens is 240 g/mol. The van der Waals surface area contributed by atoms with Gasteiger partial charge >= 0.3 is 0 Å². The van der Waals surface area contributed by atoms with Crippen LogP contribution in [0.5, 0.6) is 0 Å². The standard InChI is InChI=1S/C11H9ClN4O/c12-8-1-2-10(9(13)5-8)16-11(17)7-3-4-14-15-6-7/h1-6H,13H2,(H,16,17). The van der Waals surface area contributed by atoms with Crippen LogP contribution in [-0.4, -0.2) is 16.1 Å². The number of nitrogens with zero attached hydrogens (tertiary/aromatic N) is 2. The highest BCUT2D eigenvalue weighted by molar-refractivity contribution is 6.31. The molecule has 0 spiro atoms. The zero-order valence-electron chi connectivity index (χ0n) is 8.72. The van der Waals surface area contributed by atoms with Gasteiger partial charge in [0.15, 0.2) is 0 Å². The first-order chi connectivity index (χ1) is 8.16. The predicted molar refractivity (Wildman–Crippen MR) is 65.8 cm³/mol. The summed E-state index contributed by atoms with van der Waals surface area (Å²) in [6, 6.07) is 6.43. The molecule has 0 aliphatic carbocycles. The third-order valence-electron chi connectivity index (χ3n) is 2.11. The van der Waals surface area contributed by atoms with Gasteiger partial charge in [0.2, 0.25) is 0 Å². The maximum Gasteiger partial charge on any atom is 0.257 e. The molecule has 1 heterocycles. The fourth-order valence-corrected chi connectivity index (χ4v) is 1.45. The quantitative estimate of drug-likeness (QED) is 0.796. The zero-order chi connectivity index (χ0) is 12.3. The van der Waals surface area contributed by atoms with E-state index in [1.165, 1.54) is 12.4 Å². The van der Waals surface area contributed by atoms with Crippen molar-refractivity contribution in [3.63, 3.8) is 0 Å². The lowest BCUT2D eigenvalue weighted by Gasteiger charge is -2.07. The van der Waals surface area contributed by atoms with Gasteiger partial charge < -0.3 is 11.1 Å². The third-order valence-corrected chi connectivity index (χ3v) is 2.34. The molecule has 86 valence electrons. The molecule has 1 aromatic heterocycles. The van der Waals surface area contributed by atoms with Crippen molar-refractivity contribution in [2.45, 2.75) is 0 Å². The van der Waals surface area contributed by atoms with Gasteiger partial charge in [0.05, 0.1) is 29.3 Å². The number of anilines is 2. The van der Waals surface area contributed by atoms with Crippen LogP contribution in [0.4, 0.5) is 11.4 Å². The van der Waals surface area contributed by atoms with Crippen molar-refractivity contribution in [1.82, 2.24) is 10.2 Å². The summed E-state index contributed by atoms with van der Waals surface area (Å²) >= 11 is 5.76. The van der Waals surface area contributed by atoms with E-state index in [0.29, 0.717) is 22.0 Å². The van der Waals surface area contributed by atoms with Gasteiger partial charge in [-0.1, -0.05) is 11.6 Å². The second-order valence-corrected chi connectivity index (χ2v) is 3.75. The van der Waals surface area contributed by atoms with Gasteiger partial charge in [0.25, 0.3) is 5.91 Å². The third kappa shape index (κ3) is 2.70. The van der Waals surface area contributed by atoms with E-state index in [1.807, 2.05) is 0 Å². The number of amides is 1. The fraction of sp³-hybridized carbons (Fsp3) is 0. The zero-order valence-corrected chi connectivity index (χ0v) is 9.48. The molecular formula is C11H9ClN4O. The Labute approximate surface area is 103 Å². The number of nitrogens with two attached hydrogens (primary N) is 1. The van der Waals surface area contributed by atoms with Crippen LogP contribution in [0, 0.1) is 0 Å². The molecule has 6 heteroatoms. The highest BCUT2D eigenvalue weighted by Gasteiger charge is 2.08. The van der Waals surface area contributed by atoms with Gasteiger partial charge in [-0.15, -0.1) is 0 Å². The molecule has 1 aromatic carbocycles. The molecule has 1 amide bonds. The number of carbonyl (C=O) groups is 1. The van der Waals surface area contributed by atoms with E-state index in [4.69, 9.17) is 17.3 Å². The number of aromatic nitrogens is 2. The van der Waals surface area contributed by atoms with Crippen molar-refractivity contribution in [2.75, 3.05) is 11.1 Å². The minimum absolute atomic E-state index is 0.297. The van der Waals surface area contributed by atoms with E-state index in [-0.39, 0.29) is 5.91 Å². The van der Waals surface area contributed by atoms with Crippen molar-refractivity contribution in [2.24, 2.45) is 0 Å². The highest BCUT2D eigenvalue weighted by Crippen LogP contribution is 2.22. The van der Waals surface area contributed by atoms with E-state index in [0.717, 1.165) is 0 Å². The SMILES string of the molecule is Nc1cc(Cl)ccc1NC(=O)c1ccnnc1.